The molecular weight excluding hydrogens is 1110 g/mol. The summed E-state index contributed by atoms with van der Waals surface area (Å²) in [6.07, 6.45) is -14.8. The number of nitrogens with one attached hydrogen (secondary N) is 1. The summed E-state index contributed by atoms with van der Waals surface area (Å²) in [7, 11) is -1.13. The maximum Gasteiger partial charge on any atom is 1.00 e. The number of aromatic nitrogens is 8. The molecule has 423 valence electrons. The van der Waals surface area contributed by atoms with Crippen LogP contribution in [0.4, 0.5) is 52.7 Å². The third kappa shape index (κ3) is 25.9. The molecule has 78 heavy (non-hydrogen) atoms. The van der Waals surface area contributed by atoms with Crippen LogP contribution < -0.4 is 40.3 Å². The SMILES string of the molecule is CCO.CCO.CCOC(=O)c1ccnc(C(F)(F)F)n1.Cc1c(C(=O)N[C@H](C(=O)OCc2ccnc(C(F)(F)F)n2)C(C)C)ccc2c1B(O)OC2.FC(F)(F)c1nccc(Cl)n1.OCc1ccnc(C(F)(F)F)n1.[B].[H-].[Na+]. The van der Waals surface area contributed by atoms with E-state index >= 15 is 0 Å². The Kier molecular flexibility index (Phi) is 33.4. The van der Waals surface area contributed by atoms with Crippen LogP contribution in [-0.2, 0) is 63.4 Å². The molecule has 5 aromatic rings. The number of carbonyl (C=O) groups excluding carboxylic acids is 3. The summed E-state index contributed by atoms with van der Waals surface area (Å²) in [6, 6.07) is 6.85. The minimum atomic E-state index is -4.72. The fourth-order valence-corrected chi connectivity index (χ4v) is 5.36. The number of nitrogens with zero attached hydrogens (tertiary/aromatic N) is 8. The predicted molar refractivity (Wildman–Crippen MR) is 247 cm³/mol. The average Bonchev–Trinajstić information content (AvgIpc) is 3.73. The maximum absolute atomic E-state index is 12.8. The summed E-state index contributed by atoms with van der Waals surface area (Å²) >= 11 is 5.20. The van der Waals surface area contributed by atoms with Crippen LogP contribution in [0.5, 0.6) is 0 Å². The molecule has 0 fully saturated rings. The zero-order chi connectivity index (χ0) is 58.2. The summed E-state index contributed by atoms with van der Waals surface area (Å²) in [5.74, 6) is -7.77. The predicted octanol–water partition coefficient (Wildman–Crippen LogP) is 3.06. The van der Waals surface area contributed by atoms with Crippen LogP contribution in [0, 0.1) is 12.8 Å². The Hall–Kier alpha value is -5.67. The van der Waals surface area contributed by atoms with Gasteiger partial charge in [-0.25, -0.2) is 49.5 Å². The molecule has 5 heterocycles. The molecule has 0 saturated carbocycles. The number of benzene rings is 1. The smallest absolute Gasteiger partial charge is 1.00 e. The maximum atomic E-state index is 12.8. The van der Waals surface area contributed by atoms with Gasteiger partial charge in [0.1, 0.15) is 17.8 Å². The first-order valence-electron chi connectivity index (χ1n) is 21.4. The number of hydrogen-bond donors (Lipinski definition) is 5. The van der Waals surface area contributed by atoms with Crippen LogP contribution in [0.2, 0.25) is 5.15 Å². The molecule has 1 atom stereocenters. The molecule has 0 unspecified atom stereocenters. The van der Waals surface area contributed by atoms with Gasteiger partial charge in [-0.1, -0.05) is 31.5 Å². The molecule has 0 spiro atoms. The molecule has 6 rings (SSSR count). The number of aliphatic hydroxyl groups excluding tert-OH is 3. The monoisotopic (exact) mass is 1160 g/mol. The topological polar surface area (TPSA) is 275 Å². The Labute approximate surface area is 467 Å². The third-order valence-corrected chi connectivity index (χ3v) is 8.64. The van der Waals surface area contributed by atoms with Gasteiger partial charge in [0.2, 0.25) is 23.3 Å². The summed E-state index contributed by atoms with van der Waals surface area (Å²) in [6.45, 7) is 9.73. The van der Waals surface area contributed by atoms with E-state index in [1.165, 1.54) is 18.2 Å². The number of amides is 1. The Morgan fingerprint density at radius 2 is 1.14 bits per heavy atom. The van der Waals surface area contributed by atoms with E-state index in [2.05, 4.69) is 49.9 Å². The summed E-state index contributed by atoms with van der Waals surface area (Å²) in [5.41, 5.74) is 1.51. The molecule has 3 radical (unpaired) electrons. The Balaban J connectivity index is -0.00000103. The quantitative estimate of drug-likeness (QED) is 0.0614. The van der Waals surface area contributed by atoms with Crippen molar-refractivity contribution in [1.82, 2.24) is 45.2 Å². The Bertz CT molecular complexity index is 2640. The van der Waals surface area contributed by atoms with E-state index in [-0.39, 0.29) is 93.8 Å². The van der Waals surface area contributed by atoms with Crippen LogP contribution in [0.15, 0.2) is 61.2 Å². The molecule has 35 heteroatoms. The molecule has 4 aromatic heterocycles. The average molecular weight is 1160 g/mol. The second-order valence-electron chi connectivity index (χ2n) is 14.5. The minimum absolute atomic E-state index is 0. The Morgan fingerprint density at radius 3 is 1.58 bits per heavy atom. The van der Waals surface area contributed by atoms with Crippen LogP contribution in [0.25, 0.3) is 0 Å². The van der Waals surface area contributed by atoms with E-state index in [9.17, 15) is 72.1 Å². The van der Waals surface area contributed by atoms with Crippen LogP contribution >= 0.6 is 11.6 Å². The number of ether oxygens (including phenoxy) is 2. The van der Waals surface area contributed by atoms with Crippen molar-refractivity contribution < 1.29 is 133 Å². The first kappa shape index (κ1) is 74.4. The van der Waals surface area contributed by atoms with E-state index in [1.807, 2.05) is 0 Å². The van der Waals surface area contributed by atoms with Crippen LogP contribution in [-0.4, -0.2) is 119 Å². The van der Waals surface area contributed by atoms with E-state index < -0.39 is 97.9 Å². The number of esters is 2. The van der Waals surface area contributed by atoms with Crippen molar-refractivity contribution >= 4 is 50.4 Å². The van der Waals surface area contributed by atoms with Crippen molar-refractivity contribution in [3.8, 4) is 0 Å². The van der Waals surface area contributed by atoms with Crippen molar-refractivity contribution in [2.75, 3.05) is 19.8 Å². The van der Waals surface area contributed by atoms with Gasteiger partial charge < -0.3 is 41.2 Å². The van der Waals surface area contributed by atoms with Gasteiger partial charge >= 0.3 is 73.3 Å². The van der Waals surface area contributed by atoms with E-state index in [0.717, 1.165) is 36.4 Å². The number of carbonyl (C=O) groups is 3. The van der Waals surface area contributed by atoms with Crippen molar-refractivity contribution in [2.24, 2.45) is 5.92 Å². The molecule has 1 amide bonds. The number of alkyl halides is 12. The van der Waals surface area contributed by atoms with E-state index in [1.54, 1.807) is 53.7 Å². The number of halogens is 13. The molecular formula is C43H48B2ClF12N9NaO10. The van der Waals surface area contributed by atoms with Gasteiger partial charge in [-0.05, 0) is 80.5 Å². The molecule has 19 nitrogen and oxygen atoms in total. The van der Waals surface area contributed by atoms with Gasteiger partial charge in [-0.2, -0.15) is 52.7 Å². The molecule has 1 aromatic carbocycles. The second kappa shape index (κ2) is 35.1. The zero-order valence-corrected chi connectivity index (χ0v) is 44.8. The fourth-order valence-electron chi connectivity index (χ4n) is 5.22. The van der Waals surface area contributed by atoms with E-state index in [4.69, 9.17) is 36.3 Å². The third-order valence-electron chi connectivity index (χ3n) is 8.43. The summed E-state index contributed by atoms with van der Waals surface area (Å²) in [5, 5.41) is 36.0. The van der Waals surface area contributed by atoms with Crippen LogP contribution in [0.1, 0.15) is 103 Å². The Morgan fingerprint density at radius 1 is 0.705 bits per heavy atom. The first-order chi connectivity index (χ1) is 35.3. The first-order valence-corrected chi connectivity index (χ1v) is 21.8. The number of hydrogen-bond acceptors (Lipinski definition) is 18. The van der Waals surface area contributed by atoms with Crippen molar-refractivity contribution in [2.45, 2.75) is 92.1 Å². The summed E-state index contributed by atoms with van der Waals surface area (Å²) < 4.78 is 160. The minimum Gasteiger partial charge on any atom is -1.00 e. The molecule has 5 N–H and O–H groups in total. The second-order valence-corrected chi connectivity index (χ2v) is 14.9. The fraction of sp³-hybridized carbons (Fsp3) is 0.419. The van der Waals surface area contributed by atoms with Crippen molar-refractivity contribution in [3.63, 3.8) is 0 Å². The molecule has 0 saturated heterocycles. The van der Waals surface area contributed by atoms with Gasteiger partial charge in [-0.3, -0.25) is 4.79 Å². The number of aliphatic hydroxyl groups is 3. The van der Waals surface area contributed by atoms with Gasteiger partial charge in [-0.15, -0.1) is 0 Å². The molecule has 1 aliphatic rings. The molecule has 1 aliphatic heterocycles. The van der Waals surface area contributed by atoms with Crippen molar-refractivity contribution in [1.29, 1.82) is 0 Å². The van der Waals surface area contributed by atoms with Crippen molar-refractivity contribution in [3.05, 3.63) is 123 Å². The van der Waals surface area contributed by atoms with Gasteiger partial charge in [0.05, 0.1) is 31.2 Å². The number of rotatable bonds is 9. The van der Waals surface area contributed by atoms with Gasteiger partial charge in [0, 0.05) is 52.0 Å². The molecule has 0 aliphatic carbocycles. The summed E-state index contributed by atoms with van der Waals surface area (Å²) in [4.78, 5) is 61.1. The normalized spacial score (nSPS) is 11.9. The standard InChI is InChI=1S/C20H21BF3N3O5.C8H7F3N2O2.C6H5F3N2O.C5H2ClF3N2.2C2H6O.B.Na.H/c1-10(2)16(18(29)31-9-13-6-7-25-19(26-13)20(22,23)24)27-17(28)14-5-4-12-8-32-21(30)15(12)11(14)3;1-2-15-6(14)5-3-4-12-7(13-5)8(9,10)11;7-6(8,9)5-10-2-1-4(3-12)11-5;6-3-1-2-10-4(11-3)5(7,8)9;2*1-2-3;;;/h4-7,10,16,30H,8-9H2,1-3H3,(H,27,28);3-4H,2H2,1H3;1-2,12H,3H2;1-2H;2*3H,2H2,1H3;;;/q;;;;;;;+1;-1/t16-;;;;;;;;/m0......../s1. The van der Waals surface area contributed by atoms with Gasteiger partial charge in [0.15, 0.2) is 5.69 Å². The van der Waals surface area contributed by atoms with Crippen LogP contribution in [0.3, 0.4) is 0 Å². The largest absolute Gasteiger partial charge is 1.00 e. The van der Waals surface area contributed by atoms with E-state index in [0.29, 0.717) is 11.0 Å². The number of fused-ring (bicyclic) bond motifs is 1. The molecule has 0 bridgehead atoms. The zero-order valence-electron chi connectivity index (χ0n) is 43.1. The van der Waals surface area contributed by atoms with Gasteiger partial charge in [0.25, 0.3) is 5.91 Å².